The minimum Gasteiger partial charge on any atom is -0.343 e. The number of nitrogens with zero attached hydrogens (tertiary/aromatic N) is 2. The standard InChI is InChI=1S/C6H4ClN3/c7-5-2-1-4-6(10-5)9-3-8-4/h1-3H,(H,8,9,10). The molecule has 0 fully saturated rings. The maximum Gasteiger partial charge on any atom is 0.178 e. The summed E-state index contributed by atoms with van der Waals surface area (Å²) in [5.74, 6) is 0. The summed E-state index contributed by atoms with van der Waals surface area (Å²) in [7, 11) is 0. The highest BCUT2D eigenvalue weighted by molar-refractivity contribution is 6.29. The zero-order valence-electron chi connectivity index (χ0n) is 5.00. The number of halogens is 1. The van der Waals surface area contributed by atoms with Crippen LogP contribution in [0.15, 0.2) is 18.5 Å². The number of aromatic nitrogens is 3. The van der Waals surface area contributed by atoms with E-state index in [-0.39, 0.29) is 0 Å². The Morgan fingerprint density at radius 3 is 3.20 bits per heavy atom. The van der Waals surface area contributed by atoms with Gasteiger partial charge in [0, 0.05) is 0 Å². The van der Waals surface area contributed by atoms with E-state index in [0.29, 0.717) is 10.8 Å². The number of nitrogens with one attached hydrogen (secondary N) is 1. The number of H-pyrrole nitrogens is 1. The zero-order chi connectivity index (χ0) is 6.97. The van der Waals surface area contributed by atoms with Crippen molar-refractivity contribution in [3.05, 3.63) is 23.6 Å². The molecule has 0 aromatic carbocycles. The number of hydrogen-bond donors (Lipinski definition) is 1. The van der Waals surface area contributed by atoms with Crippen molar-refractivity contribution in [1.82, 2.24) is 15.0 Å². The third-order valence-corrected chi connectivity index (χ3v) is 1.46. The molecule has 0 bridgehead atoms. The Bertz CT molecular complexity index is 355. The monoisotopic (exact) mass is 153 g/mol. The largest absolute Gasteiger partial charge is 0.343 e. The summed E-state index contributed by atoms with van der Waals surface area (Å²) in [6.07, 6.45) is 1.59. The van der Waals surface area contributed by atoms with Crippen molar-refractivity contribution in [2.75, 3.05) is 0 Å². The van der Waals surface area contributed by atoms with Crippen LogP contribution in [0, 0.1) is 0 Å². The fourth-order valence-electron chi connectivity index (χ4n) is 0.799. The zero-order valence-corrected chi connectivity index (χ0v) is 5.76. The molecular weight excluding hydrogens is 150 g/mol. The average molecular weight is 154 g/mol. The molecule has 0 atom stereocenters. The summed E-state index contributed by atoms with van der Waals surface area (Å²) in [5.41, 5.74) is 1.57. The Balaban J connectivity index is 2.86. The number of aromatic amines is 1. The summed E-state index contributed by atoms with van der Waals surface area (Å²) in [6, 6.07) is 3.57. The topological polar surface area (TPSA) is 41.6 Å². The molecule has 0 saturated carbocycles. The van der Waals surface area contributed by atoms with E-state index in [1.165, 1.54) is 0 Å². The first-order valence-electron chi connectivity index (χ1n) is 2.82. The first-order valence-corrected chi connectivity index (χ1v) is 3.20. The number of pyridine rings is 1. The molecular formula is C6H4ClN3. The Labute approximate surface area is 62.1 Å². The molecule has 0 saturated heterocycles. The normalized spacial score (nSPS) is 10.5. The van der Waals surface area contributed by atoms with Gasteiger partial charge in [-0.05, 0) is 12.1 Å². The maximum atomic E-state index is 5.61. The molecule has 3 nitrogen and oxygen atoms in total. The van der Waals surface area contributed by atoms with Gasteiger partial charge in [0.15, 0.2) is 5.65 Å². The fraction of sp³-hybridized carbons (Fsp3) is 0. The molecule has 50 valence electrons. The van der Waals surface area contributed by atoms with Gasteiger partial charge in [-0.1, -0.05) is 11.6 Å². The summed E-state index contributed by atoms with van der Waals surface area (Å²) in [4.78, 5) is 10.8. The number of rotatable bonds is 0. The van der Waals surface area contributed by atoms with Crippen molar-refractivity contribution in [2.45, 2.75) is 0 Å². The second-order valence-electron chi connectivity index (χ2n) is 1.91. The van der Waals surface area contributed by atoms with Crippen LogP contribution < -0.4 is 0 Å². The molecule has 0 amide bonds. The summed E-state index contributed by atoms with van der Waals surface area (Å²) in [6.45, 7) is 0. The average Bonchev–Trinajstić information content (AvgIpc) is 2.33. The van der Waals surface area contributed by atoms with Crippen LogP contribution in [0.4, 0.5) is 0 Å². The molecule has 0 aliphatic rings. The van der Waals surface area contributed by atoms with Gasteiger partial charge in [0.2, 0.25) is 0 Å². The molecule has 1 N–H and O–H groups in total. The van der Waals surface area contributed by atoms with Crippen LogP contribution in [0.3, 0.4) is 0 Å². The number of fused-ring (bicyclic) bond motifs is 1. The van der Waals surface area contributed by atoms with E-state index in [2.05, 4.69) is 15.0 Å². The third-order valence-electron chi connectivity index (χ3n) is 1.25. The van der Waals surface area contributed by atoms with Gasteiger partial charge in [0.25, 0.3) is 0 Å². The Morgan fingerprint density at radius 2 is 2.30 bits per heavy atom. The van der Waals surface area contributed by atoms with Gasteiger partial charge < -0.3 is 4.98 Å². The smallest absolute Gasteiger partial charge is 0.178 e. The van der Waals surface area contributed by atoms with Crippen LogP contribution in [0.1, 0.15) is 0 Å². The molecule has 2 aromatic heterocycles. The van der Waals surface area contributed by atoms with Crippen LogP contribution in [0.5, 0.6) is 0 Å². The van der Waals surface area contributed by atoms with E-state index in [9.17, 15) is 0 Å². The van der Waals surface area contributed by atoms with Crippen LogP contribution in [-0.2, 0) is 0 Å². The summed E-state index contributed by atoms with van der Waals surface area (Å²) >= 11 is 5.61. The molecule has 10 heavy (non-hydrogen) atoms. The van der Waals surface area contributed by atoms with E-state index in [1.807, 2.05) is 6.07 Å². The first kappa shape index (κ1) is 5.68. The van der Waals surface area contributed by atoms with Crippen molar-refractivity contribution in [1.29, 1.82) is 0 Å². The highest BCUT2D eigenvalue weighted by Crippen LogP contribution is 2.09. The molecule has 4 heteroatoms. The summed E-state index contributed by atoms with van der Waals surface area (Å²) in [5, 5.41) is 0.472. The van der Waals surface area contributed by atoms with Gasteiger partial charge in [0.05, 0.1) is 11.8 Å². The number of hydrogen-bond acceptors (Lipinski definition) is 2. The molecule has 2 heterocycles. The van der Waals surface area contributed by atoms with E-state index in [1.54, 1.807) is 12.4 Å². The minimum atomic E-state index is 0.472. The lowest BCUT2D eigenvalue weighted by Crippen LogP contribution is -1.75. The van der Waals surface area contributed by atoms with E-state index >= 15 is 0 Å². The Morgan fingerprint density at radius 1 is 1.40 bits per heavy atom. The second kappa shape index (κ2) is 1.95. The van der Waals surface area contributed by atoms with Crippen molar-refractivity contribution < 1.29 is 0 Å². The maximum absolute atomic E-state index is 5.61. The molecule has 0 spiro atoms. The Hall–Kier alpha value is -1.09. The minimum absolute atomic E-state index is 0.472. The van der Waals surface area contributed by atoms with Crippen LogP contribution >= 0.6 is 11.6 Å². The first-order chi connectivity index (χ1) is 4.86. The molecule has 2 aromatic rings. The lowest BCUT2D eigenvalue weighted by molar-refractivity contribution is 1.30. The lowest BCUT2D eigenvalue weighted by Gasteiger charge is -1.86. The molecule has 0 aliphatic heterocycles. The van der Waals surface area contributed by atoms with Gasteiger partial charge in [-0.25, -0.2) is 9.97 Å². The SMILES string of the molecule is Clc1ccc2[nH]cnc2n1. The van der Waals surface area contributed by atoms with Crippen molar-refractivity contribution in [3.8, 4) is 0 Å². The van der Waals surface area contributed by atoms with Crippen molar-refractivity contribution in [2.24, 2.45) is 0 Å². The van der Waals surface area contributed by atoms with E-state index in [0.717, 1.165) is 5.52 Å². The van der Waals surface area contributed by atoms with Gasteiger partial charge in [-0.15, -0.1) is 0 Å². The van der Waals surface area contributed by atoms with Gasteiger partial charge in [-0.3, -0.25) is 0 Å². The highest BCUT2D eigenvalue weighted by Gasteiger charge is 1.95. The fourth-order valence-corrected chi connectivity index (χ4v) is 0.942. The molecule has 2 rings (SSSR count). The van der Waals surface area contributed by atoms with E-state index < -0.39 is 0 Å². The Kier molecular flexibility index (Phi) is 1.11. The third kappa shape index (κ3) is 0.752. The predicted octanol–water partition coefficient (Wildman–Crippen LogP) is 1.61. The van der Waals surface area contributed by atoms with Crippen LogP contribution in [0.2, 0.25) is 5.15 Å². The summed E-state index contributed by atoms with van der Waals surface area (Å²) < 4.78 is 0. The lowest BCUT2D eigenvalue weighted by atomic mass is 10.4. The molecule has 0 radical (unpaired) electrons. The van der Waals surface area contributed by atoms with Gasteiger partial charge in [-0.2, -0.15) is 0 Å². The van der Waals surface area contributed by atoms with Crippen LogP contribution in [0.25, 0.3) is 11.2 Å². The van der Waals surface area contributed by atoms with E-state index in [4.69, 9.17) is 11.6 Å². The van der Waals surface area contributed by atoms with Gasteiger partial charge >= 0.3 is 0 Å². The second-order valence-corrected chi connectivity index (χ2v) is 2.29. The number of imidazole rings is 1. The van der Waals surface area contributed by atoms with Crippen molar-refractivity contribution >= 4 is 22.8 Å². The van der Waals surface area contributed by atoms with Crippen molar-refractivity contribution in [3.63, 3.8) is 0 Å². The quantitative estimate of drug-likeness (QED) is 0.585. The highest BCUT2D eigenvalue weighted by atomic mass is 35.5. The predicted molar refractivity (Wildman–Crippen MR) is 38.9 cm³/mol. The molecule has 0 unspecified atom stereocenters. The van der Waals surface area contributed by atoms with Gasteiger partial charge in [0.1, 0.15) is 5.15 Å². The molecule has 0 aliphatic carbocycles. The van der Waals surface area contributed by atoms with Crippen LogP contribution in [-0.4, -0.2) is 15.0 Å².